The quantitative estimate of drug-likeness (QED) is 0.118. The van der Waals surface area contributed by atoms with Crippen LogP contribution in [0.3, 0.4) is 0 Å². The Labute approximate surface area is 231 Å². The van der Waals surface area contributed by atoms with Crippen molar-refractivity contribution in [3.05, 3.63) is 35.4 Å². The van der Waals surface area contributed by atoms with E-state index in [-0.39, 0.29) is 29.3 Å². The fourth-order valence-corrected chi connectivity index (χ4v) is 5.79. The molecule has 2 heterocycles. The van der Waals surface area contributed by atoms with Gasteiger partial charge in [0.1, 0.15) is 30.0 Å². The van der Waals surface area contributed by atoms with Crippen molar-refractivity contribution in [2.75, 3.05) is 48.3 Å². The third-order valence-corrected chi connectivity index (χ3v) is 7.93. The largest absolute Gasteiger partial charge is 0.493 e. The highest BCUT2D eigenvalue weighted by molar-refractivity contribution is 5.87. The molecule has 1 spiro atoms. The van der Waals surface area contributed by atoms with E-state index in [1.54, 1.807) is 46.6 Å². The summed E-state index contributed by atoms with van der Waals surface area (Å²) in [5.41, 5.74) is 1.31. The second kappa shape index (κ2) is 12.3. The van der Waals surface area contributed by atoms with Crippen LogP contribution < -0.4 is 14.2 Å². The monoisotopic (exact) mass is 546 g/mol. The number of rotatable bonds is 13. The molecular formula is C30H42O9. The van der Waals surface area contributed by atoms with Crippen LogP contribution in [-0.4, -0.2) is 83.7 Å². The molecule has 6 atom stereocenters. The van der Waals surface area contributed by atoms with E-state index >= 15 is 0 Å². The lowest BCUT2D eigenvalue weighted by molar-refractivity contribution is -0.166. The number of methoxy groups -OCH3 is 4. The highest BCUT2D eigenvalue weighted by Gasteiger charge is 2.72. The van der Waals surface area contributed by atoms with Crippen LogP contribution in [-0.2, 0) is 28.5 Å². The van der Waals surface area contributed by atoms with E-state index in [4.69, 9.17) is 37.9 Å². The zero-order chi connectivity index (χ0) is 28.2. The van der Waals surface area contributed by atoms with Gasteiger partial charge in [0.2, 0.25) is 5.75 Å². The molecule has 3 aliphatic rings. The third-order valence-electron chi connectivity index (χ3n) is 7.93. The Bertz CT molecular complexity index is 1050. The van der Waals surface area contributed by atoms with Crippen LogP contribution in [0.25, 0.3) is 6.08 Å². The van der Waals surface area contributed by atoms with Crippen LogP contribution in [0.4, 0.5) is 0 Å². The number of benzene rings is 1. The third kappa shape index (κ3) is 6.43. The van der Waals surface area contributed by atoms with Gasteiger partial charge < -0.3 is 37.9 Å². The van der Waals surface area contributed by atoms with Crippen LogP contribution >= 0.6 is 0 Å². The molecule has 0 aromatic heterocycles. The molecule has 0 N–H and O–H groups in total. The van der Waals surface area contributed by atoms with Gasteiger partial charge in [0, 0.05) is 20.3 Å². The fourth-order valence-electron chi connectivity index (χ4n) is 5.79. The molecule has 9 nitrogen and oxygen atoms in total. The van der Waals surface area contributed by atoms with E-state index in [0.717, 1.165) is 12.8 Å². The van der Waals surface area contributed by atoms with Crippen molar-refractivity contribution in [2.45, 2.75) is 69.5 Å². The van der Waals surface area contributed by atoms with Crippen molar-refractivity contribution < 1.29 is 42.7 Å². The first kappa shape index (κ1) is 29.4. The summed E-state index contributed by atoms with van der Waals surface area (Å²) in [5.74, 6) is 0.976. The Morgan fingerprint density at radius 2 is 1.79 bits per heavy atom. The predicted molar refractivity (Wildman–Crippen MR) is 145 cm³/mol. The molecule has 39 heavy (non-hydrogen) atoms. The number of allylic oxidation sites excluding steroid dienone is 1. The molecule has 0 amide bonds. The fraction of sp³-hybridized carbons (Fsp3) is 0.633. The SMILES string of the molecule is COCCOc1c(OC)cc(/C=C/C(=O)O[C@@H]2CC[C@]3(CO3)C([C@]3(C)O[C@H]3CC=C(C)C)[C@@H]2OC)cc1OC. The van der Waals surface area contributed by atoms with Crippen LogP contribution in [0.15, 0.2) is 29.9 Å². The van der Waals surface area contributed by atoms with E-state index in [1.165, 1.54) is 11.6 Å². The maximum Gasteiger partial charge on any atom is 0.331 e. The maximum absolute atomic E-state index is 13.0. The van der Waals surface area contributed by atoms with E-state index in [9.17, 15) is 4.79 Å². The van der Waals surface area contributed by atoms with Crippen molar-refractivity contribution >= 4 is 12.0 Å². The average molecular weight is 547 g/mol. The van der Waals surface area contributed by atoms with E-state index in [1.807, 2.05) is 0 Å². The summed E-state index contributed by atoms with van der Waals surface area (Å²) in [5, 5.41) is 0. The molecule has 1 aliphatic carbocycles. The molecule has 3 fully saturated rings. The number of epoxide rings is 2. The Morgan fingerprint density at radius 1 is 1.10 bits per heavy atom. The highest BCUT2D eigenvalue weighted by Crippen LogP contribution is 2.59. The number of carbonyl (C=O) groups is 1. The Hall–Kier alpha value is -2.59. The number of carbonyl (C=O) groups excluding carboxylic acids is 1. The topological polar surface area (TPSA) is 97.5 Å². The summed E-state index contributed by atoms with van der Waals surface area (Å²) in [6, 6.07) is 3.55. The van der Waals surface area contributed by atoms with Gasteiger partial charge >= 0.3 is 5.97 Å². The van der Waals surface area contributed by atoms with Gasteiger partial charge in [-0.2, -0.15) is 0 Å². The van der Waals surface area contributed by atoms with Crippen LogP contribution in [0.2, 0.25) is 0 Å². The van der Waals surface area contributed by atoms with Gasteiger partial charge in [-0.05, 0) is 63.8 Å². The average Bonchev–Trinajstić information content (AvgIpc) is 3.84. The van der Waals surface area contributed by atoms with E-state index < -0.39 is 12.1 Å². The molecule has 4 rings (SSSR count). The van der Waals surface area contributed by atoms with Crippen molar-refractivity contribution in [3.8, 4) is 17.2 Å². The molecule has 1 unspecified atom stereocenters. The molecule has 2 saturated heterocycles. The minimum Gasteiger partial charge on any atom is -0.493 e. The van der Waals surface area contributed by atoms with Gasteiger partial charge in [-0.25, -0.2) is 4.79 Å². The number of esters is 1. The van der Waals surface area contributed by atoms with Gasteiger partial charge in [-0.15, -0.1) is 0 Å². The van der Waals surface area contributed by atoms with E-state index in [0.29, 0.717) is 49.1 Å². The Kier molecular flexibility index (Phi) is 9.26. The number of ether oxygens (including phenoxy) is 8. The molecule has 0 bridgehead atoms. The van der Waals surface area contributed by atoms with Crippen LogP contribution in [0.1, 0.15) is 45.6 Å². The smallest absolute Gasteiger partial charge is 0.331 e. The predicted octanol–water partition coefficient (Wildman–Crippen LogP) is 4.36. The van der Waals surface area contributed by atoms with Crippen LogP contribution in [0.5, 0.6) is 17.2 Å². The molecular weight excluding hydrogens is 504 g/mol. The second-order valence-corrected chi connectivity index (χ2v) is 10.8. The number of hydrogen-bond acceptors (Lipinski definition) is 9. The molecule has 0 radical (unpaired) electrons. The van der Waals surface area contributed by atoms with Gasteiger partial charge in [0.25, 0.3) is 0 Å². The minimum absolute atomic E-state index is 0.0275. The zero-order valence-corrected chi connectivity index (χ0v) is 24.1. The molecule has 2 aliphatic heterocycles. The lowest BCUT2D eigenvalue weighted by Gasteiger charge is -2.42. The summed E-state index contributed by atoms with van der Waals surface area (Å²) < 4.78 is 46.0. The first-order chi connectivity index (χ1) is 18.7. The summed E-state index contributed by atoms with van der Waals surface area (Å²) in [6.45, 7) is 7.76. The van der Waals surface area contributed by atoms with Gasteiger partial charge in [-0.3, -0.25) is 0 Å². The van der Waals surface area contributed by atoms with Crippen molar-refractivity contribution in [2.24, 2.45) is 5.92 Å². The first-order valence-electron chi connectivity index (χ1n) is 13.5. The summed E-state index contributed by atoms with van der Waals surface area (Å²) in [7, 11) is 6.37. The summed E-state index contributed by atoms with van der Waals surface area (Å²) >= 11 is 0. The molecule has 1 aromatic rings. The Morgan fingerprint density at radius 3 is 2.36 bits per heavy atom. The van der Waals surface area contributed by atoms with Gasteiger partial charge in [-0.1, -0.05) is 11.6 Å². The highest BCUT2D eigenvalue weighted by atomic mass is 16.6. The molecule has 216 valence electrons. The summed E-state index contributed by atoms with van der Waals surface area (Å²) in [4.78, 5) is 13.0. The molecule has 1 aromatic carbocycles. The molecule has 1 saturated carbocycles. The van der Waals surface area contributed by atoms with Gasteiger partial charge in [0.05, 0.1) is 39.5 Å². The molecule has 9 heteroatoms. The normalized spacial score (nSPS) is 31.2. The van der Waals surface area contributed by atoms with E-state index in [2.05, 4.69) is 26.8 Å². The second-order valence-electron chi connectivity index (χ2n) is 10.8. The zero-order valence-electron chi connectivity index (χ0n) is 24.1. The van der Waals surface area contributed by atoms with Crippen LogP contribution in [0, 0.1) is 5.92 Å². The number of hydrogen-bond donors (Lipinski definition) is 0. The lowest BCUT2D eigenvalue weighted by atomic mass is 9.68. The van der Waals surface area contributed by atoms with Crippen molar-refractivity contribution in [1.29, 1.82) is 0 Å². The summed E-state index contributed by atoms with van der Waals surface area (Å²) in [6.07, 6.45) is 6.94. The van der Waals surface area contributed by atoms with Crippen molar-refractivity contribution in [1.82, 2.24) is 0 Å². The van der Waals surface area contributed by atoms with Crippen molar-refractivity contribution in [3.63, 3.8) is 0 Å². The lowest BCUT2D eigenvalue weighted by Crippen LogP contribution is -2.55. The standard InChI is InChI=1S/C30H42O9/c1-19(2)8-10-24-29(3,39-24)28-27(35-7)21(12-13-30(28)18-37-30)38-25(31)11-9-20-16-22(33-5)26(23(17-20)34-6)36-15-14-32-4/h8-9,11,16-17,21,24,27-28H,10,12-15,18H2,1-7H3/b11-9+/t21-,24+,27-,28?,29-,30+/m1/s1. The Balaban J connectivity index is 1.45. The van der Waals surface area contributed by atoms with Gasteiger partial charge in [0.15, 0.2) is 11.5 Å². The first-order valence-corrected chi connectivity index (χ1v) is 13.5. The maximum atomic E-state index is 13.0. The minimum atomic E-state index is -0.449.